The maximum atomic E-state index is 12.1. The lowest BCUT2D eigenvalue weighted by atomic mass is 10.1. The van der Waals surface area contributed by atoms with Crippen LogP contribution in [0.1, 0.15) is 25.8 Å². The second-order valence-electron chi connectivity index (χ2n) is 5.08. The first kappa shape index (κ1) is 18.3. The molecule has 0 heterocycles. The molecular formula is C12H16ClN3O5S. The van der Waals surface area contributed by atoms with Crippen LogP contribution in [0.25, 0.3) is 0 Å². The normalized spacial score (nSPS) is 11.5. The van der Waals surface area contributed by atoms with E-state index in [0.717, 1.165) is 12.1 Å². The van der Waals surface area contributed by atoms with Crippen molar-refractivity contribution in [2.45, 2.75) is 32.1 Å². The largest absolute Gasteiger partial charge is 0.288 e. The van der Waals surface area contributed by atoms with Gasteiger partial charge < -0.3 is 0 Å². The Morgan fingerprint density at radius 1 is 1.41 bits per heavy atom. The van der Waals surface area contributed by atoms with E-state index in [1.54, 1.807) is 0 Å². The van der Waals surface area contributed by atoms with Crippen molar-refractivity contribution >= 4 is 33.2 Å². The third kappa shape index (κ3) is 4.65. The van der Waals surface area contributed by atoms with Gasteiger partial charge in [-0.1, -0.05) is 25.4 Å². The highest BCUT2D eigenvalue weighted by atomic mass is 35.5. The number of hydrogen-bond acceptors (Lipinski definition) is 5. The summed E-state index contributed by atoms with van der Waals surface area (Å²) in [6, 6.07) is 2.04. The molecule has 0 aromatic heterocycles. The van der Waals surface area contributed by atoms with Gasteiger partial charge in [0.1, 0.15) is 5.02 Å². The van der Waals surface area contributed by atoms with Crippen LogP contribution in [0.4, 0.5) is 5.69 Å². The van der Waals surface area contributed by atoms with Gasteiger partial charge in [0.05, 0.1) is 9.82 Å². The molecule has 2 N–H and O–H groups in total. The van der Waals surface area contributed by atoms with Crippen molar-refractivity contribution in [2.75, 3.05) is 0 Å². The van der Waals surface area contributed by atoms with Crippen LogP contribution in [0.5, 0.6) is 0 Å². The van der Waals surface area contributed by atoms with Gasteiger partial charge in [0.15, 0.2) is 0 Å². The molecule has 0 unspecified atom stereocenters. The van der Waals surface area contributed by atoms with E-state index in [9.17, 15) is 23.3 Å². The molecule has 8 nitrogen and oxygen atoms in total. The number of hydrogen-bond donors (Lipinski definition) is 2. The van der Waals surface area contributed by atoms with Crippen LogP contribution in [0.3, 0.4) is 0 Å². The molecule has 0 atom stereocenters. The summed E-state index contributed by atoms with van der Waals surface area (Å²) in [5.41, 5.74) is 1.84. The van der Waals surface area contributed by atoms with Crippen molar-refractivity contribution in [3.8, 4) is 0 Å². The van der Waals surface area contributed by atoms with Gasteiger partial charge in [0, 0.05) is 12.5 Å². The Morgan fingerprint density at radius 3 is 2.50 bits per heavy atom. The van der Waals surface area contributed by atoms with Gasteiger partial charge >= 0.3 is 0 Å². The highest BCUT2D eigenvalue weighted by molar-refractivity contribution is 7.89. The number of nitro benzene ring substituents is 1. The van der Waals surface area contributed by atoms with E-state index in [-0.39, 0.29) is 33.5 Å². The molecular weight excluding hydrogens is 334 g/mol. The Bertz CT molecular complexity index is 703. The molecule has 0 saturated heterocycles. The van der Waals surface area contributed by atoms with Gasteiger partial charge in [-0.2, -0.15) is 0 Å². The Balaban J connectivity index is 3.01. The van der Waals surface area contributed by atoms with E-state index < -0.39 is 20.9 Å². The number of nitrogens with zero attached hydrogens (tertiary/aromatic N) is 1. The summed E-state index contributed by atoms with van der Waals surface area (Å²) in [5.74, 6) is -0.413. The Hall–Kier alpha value is -1.71. The molecule has 1 aromatic rings. The molecule has 0 fully saturated rings. The molecule has 0 radical (unpaired) electrons. The number of carbonyl (C=O) groups is 1. The van der Waals surface area contributed by atoms with Crippen molar-refractivity contribution in [2.24, 2.45) is 5.92 Å². The van der Waals surface area contributed by atoms with Crippen LogP contribution in [0.15, 0.2) is 17.0 Å². The van der Waals surface area contributed by atoms with Crippen LogP contribution < -0.4 is 10.3 Å². The van der Waals surface area contributed by atoms with Crippen molar-refractivity contribution < 1.29 is 18.1 Å². The molecule has 122 valence electrons. The third-order valence-electron chi connectivity index (χ3n) is 2.65. The van der Waals surface area contributed by atoms with Gasteiger partial charge in [-0.05, 0) is 24.5 Å². The number of hydrazine groups is 1. The number of nitro groups is 1. The van der Waals surface area contributed by atoms with Gasteiger partial charge in [-0.3, -0.25) is 20.3 Å². The van der Waals surface area contributed by atoms with E-state index in [1.165, 1.54) is 6.92 Å². The number of sulfonamides is 1. The first-order valence-corrected chi connectivity index (χ1v) is 8.16. The van der Waals surface area contributed by atoms with Crippen LogP contribution >= 0.6 is 11.6 Å². The average Bonchev–Trinajstić information content (AvgIpc) is 2.37. The minimum Gasteiger partial charge on any atom is -0.278 e. The van der Waals surface area contributed by atoms with Crippen molar-refractivity contribution in [1.29, 1.82) is 0 Å². The molecule has 1 aromatic carbocycles. The number of halogens is 1. The molecule has 0 aliphatic heterocycles. The number of rotatable bonds is 6. The second kappa shape index (κ2) is 7.03. The van der Waals surface area contributed by atoms with E-state index in [1.807, 2.05) is 18.7 Å². The minimum atomic E-state index is -4.08. The Labute approximate surface area is 133 Å². The monoisotopic (exact) mass is 349 g/mol. The van der Waals surface area contributed by atoms with Crippen LogP contribution in [-0.4, -0.2) is 19.2 Å². The van der Waals surface area contributed by atoms with E-state index in [4.69, 9.17) is 11.6 Å². The summed E-state index contributed by atoms with van der Waals surface area (Å²) >= 11 is 5.71. The molecule has 1 rings (SSSR count). The first-order chi connectivity index (χ1) is 10.0. The lowest BCUT2D eigenvalue weighted by Gasteiger charge is -2.11. The quantitative estimate of drug-likeness (QED) is 0.600. The second-order valence-corrected chi connectivity index (χ2v) is 7.14. The number of nitrogens with one attached hydrogen (secondary N) is 2. The standard InChI is InChI=1S/C12H16ClN3O5S/c1-7(2)4-12(17)14-15-22(20,21)11-6-9(13)10(16(18)19)5-8(11)3/h5-7,15H,4H2,1-3H3,(H,14,17). The molecule has 0 aliphatic carbocycles. The zero-order chi connectivity index (χ0) is 17.1. The summed E-state index contributed by atoms with van der Waals surface area (Å²) < 4.78 is 24.2. The fraction of sp³-hybridized carbons (Fsp3) is 0.417. The summed E-state index contributed by atoms with van der Waals surface area (Å²) in [6.45, 7) is 5.02. The topological polar surface area (TPSA) is 118 Å². The first-order valence-electron chi connectivity index (χ1n) is 6.29. The number of benzene rings is 1. The van der Waals surface area contributed by atoms with Crippen LogP contribution in [-0.2, 0) is 14.8 Å². The van der Waals surface area contributed by atoms with Crippen LogP contribution in [0.2, 0.25) is 5.02 Å². The zero-order valence-electron chi connectivity index (χ0n) is 12.2. The fourth-order valence-corrected chi connectivity index (χ4v) is 3.09. The molecule has 10 heteroatoms. The molecule has 22 heavy (non-hydrogen) atoms. The zero-order valence-corrected chi connectivity index (χ0v) is 13.8. The summed E-state index contributed by atoms with van der Waals surface area (Å²) in [6.07, 6.45) is 0.155. The predicted octanol–water partition coefficient (Wildman–Crippen LogP) is 1.91. The van der Waals surface area contributed by atoms with E-state index in [0.29, 0.717) is 0 Å². The summed E-state index contributed by atoms with van der Waals surface area (Å²) in [5, 5.41) is 10.5. The van der Waals surface area contributed by atoms with Crippen LogP contribution in [0, 0.1) is 23.0 Å². The highest BCUT2D eigenvalue weighted by Crippen LogP contribution is 2.29. The SMILES string of the molecule is Cc1cc([N+](=O)[O-])c(Cl)cc1S(=O)(=O)NNC(=O)CC(C)C. The molecule has 1 amide bonds. The fourth-order valence-electron chi connectivity index (χ4n) is 1.68. The minimum absolute atomic E-state index is 0.0695. The van der Waals surface area contributed by atoms with Gasteiger partial charge in [0.25, 0.3) is 15.7 Å². The van der Waals surface area contributed by atoms with Crippen molar-refractivity contribution in [3.05, 3.63) is 32.8 Å². The average molecular weight is 350 g/mol. The smallest absolute Gasteiger partial charge is 0.278 e. The summed E-state index contributed by atoms with van der Waals surface area (Å²) in [7, 11) is -4.08. The number of amides is 1. The maximum absolute atomic E-state index is 12.1. The van der Waals surface area contributed by atoms with Gasteiger partial charge in [0.2, 0.25) is 5.91 Å². The Kier molecular flexibility index (Phi) is 5.86. The number of carbonyl (C=O) groups excluding carboxylic acids is 1. The van der Waals surface area contributed by atoms with E-state index >= 15 is 0 Å². The lowest BCUT2D eigenvalue weighted by molar-refractivity contribution is -0.384. The summed E-state index contributed by atoms with van der Waals surface area (Å²) in [4.78, 5) is 23.2. The van der Waals surface area contributed by atoms with Gasteiger partial charge in [-0.15, -0.1) is 4.83 Å². The molecule has 0 spiro atoms. The Morgan fingerprint density at radius 2 is 2.00 bits per heavy atom. The highest BCUT2D eigenvalue weighted by Gasteiger charge is 2.23. The van der Waals surface area contributed by atoms with Crippen molar-refractivity contribution in [3.63, 3.8) is 0 Å². The van der Waals surface area contributed by atoms with E-state index in [2.05, 4.69) is 5.43 Å². The van der Waals surface area contributed by atoms with Crippen molar-refractivity contribution in [1.82, 2.24) is 10.3 Å². The molecule has 0 saturated carbocycles. The maximum Gasteiger partial charge on any atom is 0.288 e. The molecule has 0 bridgehead atoms. The molecule has 0 aliphatic rings. The number of aryl methyl sites for hydroxylation is 1. The van der Waals surface area contributed by atoms with Gasteiger partial charge in [-0.25, -0.2) is 8.42 Å². The predicted molar refractivity (Wildman–Crippen MR) is 80.8 cm³/mol. The third-order valence-corrected chi connectivity index (χ3v) is 4.34. The lowest BCUT2D eigenvalue weighted by Crippen LogP contribution is -2.42.